The zero-order chi connectivity index (χ0) is 24.7. The molecule has 0 saturated carbocycles. The molecule has 4 heterocycles. The number of hydrogen-bond acceptors (Lipinski definition) is 10. The van der Waals surface area contributed by atoms with Gasteiger partial charge in [0.05, 0.1) is 18.8 Å². The van der Waals surface area contributed by atoms with E-state index in [-0.39, 0.29) is 6.10 Å². The summed E-state index contributed by atoms with van der Waals surface area (Å²) in [5.41, 5.74) is 3.15. The molecule has 2 aliphatic heterocycles. The van der Waals surface area contributed by atoms with Crippen molar-refractivity contribution >= 4 is 18.3 Å². The van der Waals surface area contributed by atoms with E-state index in [9.17, 15) is 0 Å². The zero-order valence-corrected chi connectivity index (χ0v) is 21.4. The molecule has 2 saturated heterocycles. The normalized spacial score (nSPS) is 17.2. The molecule has 5 rings (SSSR count). The molecule has 0 radical (unpaired) electrons. The number of nitrogens with zero attached hydrogens (tertiary/aromatic N) is 5. The molecule has 0 bridgehead atoms. The molecule has 3 aromatic rings. The smallest absolute Gasteiger partial charge is 0.229 e. The molecule has 0 N–H and O–H groups in total. The Hall–Kier alpha value is -2.95. The third-order valence-corrected chi connectivity index (χ3v) is 6.93. The summed E-state index contributed by atoms with van der Waals surface area (Å²) in [5, 5.41) is 0. The topological polar surface area (TPSA) is 91.7 Å². The van der Waals surface area contributed by atoms with Gasteiger partial charge in [0.15, 0.2) is 12.3 Å². The van der Waals surface area contributed by atoms with Crippen molar-refractivity contribution in [2.75, 3.05) is 31.2 Å². The van der Waals surface area contributed by atoms with Crippen molar-refractivity contribution in [1.82, 2.24) is 19.9 Å². The van der Waals surface area contributed by atoms with Crippen LogP contribution in [-0.2, 0) is 21.2 Å². The zero-order valence-electron chi connectivity index (χ0n) is 20.6. The minimum absolute atomic E-state index is 0.0723. The van der Waals surface area contributed by atoms with E-state index in [2.05, 4.69) is 43.9 Å². The molecule has 10 heteroatoms. The van der Waals surface area contributed by atoms with Gasteiger partial charge in [-0.25, -0.2) is 19.9 Å². The minimum Gasteiger partial charge on any atom is -0.474 e. The quantitative estimate of drug-likeness (QED) is 0.396. The Labute approximate surface area is 216 Å². The average Bonchev–Trinajstić information content (AvgIpc) is 2.93. The van der Waals surface area contributed by atoms with Crippen molar-refractivity contribution in [2.24, 2.45) is 5.92 Å². The Morgan fingerprint density at radius 2 is 1.64 bits per heavy atom. The van der Waals surface area contributed by atoms with Gasteiger partial charge in [-0.15, -0.1) is 0 Å². The highest BCUT2D eigenvalue weighted by Crippen LogP contribution is 2.30. The molecule has 190 valence electrons. The summed E-state index contributed by atoms with van der Waals surface area (Å²) < 4.78 is 22.9. The van der Waals surface area contributed by atoms with Crippen LogP contribution in [0.25, 0.3) is 0 Å². The van der Waals surface area contributed by atoms with Crippen molar-refractivity contribution < 1.29 is 17.8 Å². The fourth-order valence-electron chi connectivity index (χ4n) is 4.25. The Balaban J connectivity index is 1.15. The first-order chi connectivity index (χ1) is 17.7. The van der Waals surface area contributed by atoms with Gasteiger partial charge in [0, 0.05) is 44.2 Å². The molecular weight excluding hydrogens is 478 g/mol. The van der Waals surface area contributed by atoms with Crippen LogP contribution in [0.5, 0.6) is 17.5 Å². The van der Waals surface area contributed by atoms with E-state index < -0.39 is 0 Å². The second-order valence-electron chi connectivity index (χ2n) is 9.11. The van der Waals surface area contributed by atoms with Gasteiger partial charge < -0.3 is 14.4 Å². The number of hydrogen-bond donors (Lipinski definition) is 0. The Bertz CT molecular complexity index is 1120. The molecule has 2 aromatic heterocycles. The second-order valence-corrected chi connectivity index (χ2v) is 9.72. The summed E-state index contributed by atoms with van der Waals surface area (Å²) in [6.45, 7) is 7.11. The van der Waals surface area contributed by atoms with Crippen LogP contribution in [0.15, 0.2) is 43.0 Å². The first-order valence-electron chi connectivity index (χ1n) is 12.4. The van der Waals surface area contributed by atoms with Crippen LogP contribution >= 0.6 is 12.3 Å². The first kappa shape index (κ1) is 24.7. The lowest BCUT2D eigenvalue weighted by atomic mass is 10.0. The maximum Gasteiger partial charge on any atom is 0.229 e. The van der Waals surface area contributed by atoms with E-state index in [1.54, 1.807) is 0 Å². The summed E-state index contributed by atoms with van der Waals surface area (Å²) in [6, 6.07) is 8.06. The maximum atomic E-state index is 6.26. The Kier molecular flexibility index (Phi) is 8.15. The summed E-state index contributed by atoms with van der Waals surface area (Å²) in [4.78, 5) is 19.9. The van der Waals surface area contributed by atoms with Crippen LogP contribution in [0.3, 0.4) is 0 Å². The fraction of sp³-hybridized carbons (Fsp3) is 0.462. The van der Waals surface area contributed by atoms with Gasteiger partial charge >= 0.3 is 0 Å². The van der Waals surface area contributed by atoms with Crippen LogP contribution in [-0.4, -0.2) is 52.3 Å². The van der Waals surface area contributed by atoms with Crippen LogP contribution in [0.4, 0.5) is 5.95 Å². The number of ether oxygens (including phenoxy) is 2. The SMILES string of the molecule is CCc1cnc(N2CCC(Oc3ncnc(Oc4ccc(CC5COSOC5)cc4)c3C)CC2)nc1. The largest absolute Gasteiger partial charge is 0.474 e. The molecule has 0 aliphatic carbocycles. The maximum absolute atomic E-state index is 6.26. The van der Waals surface area contributed by atoms with Crippen LogP contribution in [0.2, 0.25) is 0 Å². The second kappa shape index (κ2) is 11.9. The van der Waals surface area contributed by atoms with E-state index >= 15 is 0 Å². The lowest BCUT2D eigenvalue weighted by Crippen LogP contribution is -2.39. The molecule has 0 unspecified atom stereocenters. The minimum atomic E-state index is 0.0723. The van der Waals surface area contributed by atoms with E-state index in [4.69, 9.17) is 17.8 Å². The van der Waals surface area contributed by atoms with E-state index in [1.165, 1.54) is 11.9 Å². The first-order valence-corrected chi connectivity index (χ1v) is 13.1. The lowest BCUT2D eigenvalue weighted by Gasteiger charge is -2.32. The molecule has 0 spiro atoms. The van der Waals surface area contributed by atoms with Gasteiger partial charge in [-0.2, -0.15) is 0 Å². The van der Waals surface area contributed by atoms with Gasteiger partial charge in [0.25, 0.3) is 0 Å². The Morgan fingerprint density at radius 1 is 0.944 bits per heavy atom. The number of piperidine rings is 1. The highest BCUT2D eigenvalue weighted by molar-refractivity contribution is 7.89. The number of aromatic nitrogens is 4. The van der Waals surface area contributed by atoms with Crippen LogP contribution in [0, 0.1) is 12.8 Å². The van der Waals surface area contributed by atoms with Crippen molar-refractivity contribution in [3.05, 3.63) is 59.7 Å². The van der Waals surface area contributed by atoms with E-state index in [0.29, 0.717) is 30.9 Å². The van der Waals surface area contributed by atoms with Gasteiger partial charge in [-0.1, -0.05) is 19.1 Å². The fourth-order valence-corrected chi connectivity index (χ4v) is 4.82. The lowest BCUT2D eigenvalue weighted by molar-refractivity contribution is 0.146. The van der Waals surface area contributed by atoms with E-state index in [1.807, 2.05) is 31.5 Å². The summed E-state index contributed by atoms with van der Waals surface area (Å²) in [6.07, 6.45) is 8.96. The number of anilines is 1. The van der Waals surface area contributed by atoms with Gasteiger partial charge in [0.1, 0.15) is 18.2 Å². The highest BCUT2D eigenvalue weighted by Gasteiger charge is 2.24. The highest BCUT2D eigenvalue weighted by atomic mass is 32.2. The third kappa shape index (κ3) is 6.24. The molecule has 0 amide bonds. The molecule has 2 fully saturated rings. The van der Waals surface area contributed by atoms with Crippen molar-refractivity contribution in [3.8, 4) is 17.5 Å². The van der Waals surface area contributed by atoms with Crippen LogP contribution in [0.1, 0.15) is 36.5 Å². The third-order valence-electron chi connectivity index (χ3n) is 6.46. The van der Waals surface area contributed by atoms with Crippen LogP contribution < -0.4 is 14.4 Å². The van der Waals surface area contributed by atoms with Gasteiger partial charge in [0.2, 0.25) is 17.7 Å². The van der Waals surface area contributed by atoms with Gasteiger partial charge in [-0.05, 0) is 43.0 Å². The summed E-state index contributed by atoms with van der Waals surface area (Å²) in [7, 11) is 0. The van der Waals surface area contributed by atoms with Crippen molar-refractivity contribution in [2.45, 2.75) is 45.6 Å². The number of rotatable bonds is 8. The summed E-state index contributed by atoms with van der Waals surface area (Å²) in [5.74, 6) is 2.93. The standard InChI is InChI=1S/C26H31N5O4S/c1-3-19-13-27-26(28-14-19)31-10-8-23(9-11-31)35-25-18(2)24(29-17-30-25)34-22-6-4-20(5-7-22)12-21-15-32-36-33-16-21/h4-7,13-14,17,21,23H,3,8-12,15-16H2,1-2H3. The van der Waals surface area contributed by atoms with Crippen molar-refractivity contribution in [1.29, 1.82) is 0 Å². The molecule has 0 atom stereocenters. The summed E-state index contributed by atoms with van der Waals surface area (Å²) >= 11 is 1.08. The number of benzene rings is 1. The predicted molar refractivity (Wildman–Crippen MR) is 137 cm³/mol. The number of aryl methyl sites for hydroxylation is 1. The molecule has 1 aromatic carbocycles. The molecule has 36 heavy (non-hydrogen) atoms. The Morgan fingerprint density at radius 3 is 2.33 bits per heavy atom. The predicted octanol–water partition coefficient (Wildman–Crippen LogP) is 4.75. The molecule has 2 aliphatic rings. The van der Waals surface area contributed by atoms with Crippen molar-refractivity contribution in [3.63, 3.8) is 0 Å². The molecule has 9 nitrogen and oxygen atoms in total. The average molecular weight is 510 g/mol. The van der Waals surface area contributed by atoms with E-state index in [0.717, 1.165) is 73.9 Å². The van der Waals surface area contributed by atoms with Gasteiger partial charge in [-0.3, -0.25) is 8.37 Å². The monoisotopic (exact) mass is 509 g/mol. The molecular formula is C26H31N5O4S.